The molecule has 120 valence electrons. The van der Waals surface area contributed by atoms with Gasteiger partial charge in [-0.2, -0.15) is 0 Å². The highest BCUT2D eigenvalue weighted by Gasteiger charge is 2.23. The van der Waals surface area contributed by atoms with E-state index in [0.717, 1.165) is 18.8 Å². The Bertz CT molecular complexity index is 390. The molecule has 0 aliphatic heterocycles. The van der Waals surface area contributed by atoms with Gasteiger partial charge in [0, 0.05) is 12.6 Å². The Balaban J connectivity index is 2.77. The Hall–Kier alpha value is -1.00. The molecule has 0 aromatic carbocycles. The average molecular weight is 295 g/mol. The minimum Gasteiger partial charge on any atom is -0.309 e. The number of pyridine rings is 1. The summed E-state index contributed by atoms with van der Waals surface area (Å²) >= 11 is 0. The molecular weight excluding hydrogens is 265 g/mol. The van der Waals surface area contributed by atoms with Gasteiger partial charge in [-0.25, -0.2) is 4.39 Å². The number of hydrogen-bond acceptors (Lipinski definition) is 3. The molecule has 1 heterocycles. The molecule has 1 aromatic heterocycles. The van der Waals surface area contributed by atoms with Crippen LogP contribution in [0.2, 0.25) is 0 Å². The Morgan fingerprint density at radius 1 is 1.24 bits per heavy atom. The van der Waals surface area contributed by atoms with E-state index in [-0.39, 0.29) is 11.9 Å². The lowest BCUT2D eigenvalue weighted by atomic mass is 9.96. The molecule has 2 atom stereocenters. The molecule has 2 unspecified atom stereocenters. The number of nitrogens with zero attached hydrogens (tertiary/aromatic N) is 2. The molecule has 0 aliphatic rings. The molecule has 4 heteroatoms. The molecular formula is C17H30FN3. The molecule has 0 saturated heterocycles. The van der Waals surface area contributed by atoms with Crippen LogP contribution in [0.15, 0.2) is 18.3 Å². The summed E-state index contributed by atoms with van der Waals surface area (Å²) in [4.78, 5) is 6.68. The van der Waals surface area contributed by atoms with Crippen molar-refractivity contribution in [1.29, 1.82) is 0 Å². The van der Waals surface area contributed by atoms with Crippen molar-refractivity contribution in [2.24, 2.45) is 5.92 Å². The van der Waals surface area contributed by atoms with E-state index in [9.17, 15) is 4.39 Å². The lowest BCUT2D eigenvalue weighted by molar-refractivity contribution is 0.181. The number of aromatic nitrogens is 1. The maximum Gasteiger partial charge on any atom is 0.141 e. The van der Waals surface area contributed by atoms with Crippen molar-refractivity contribution >= 4 is 0 Å². The van der Waals surface area contributed by atoms with Crippen molar-refractivity contribution in [2.45, 2.75) is 52.6 Å². The summed E-state index contributed by atoms with van der Waals surface area (Å²) < 4.78 is 13.1. The Labute approximate surface area is 129 Å². The molecule has 0 amide bonds. The van der Waals surface area contributed by atoms with Gasteiger partial charge < -0.3 is 10.2 Å². The Morgan fingerprint density at radius 2 is 1.90 bits per heavy atom. The SMILES string of the molecule is CCNC(c1ccc(F)cn1)C(C)CN(C)C(CC)CC. The van der Waals surface area contributed by atoms with Gasteiger partial charge in [0.2, 0.25) is 0 Å². The minimum absolute atomic E-state index is 0.160. The summed E-state index contributed by atoms with van der Waals surface area (Å²) in [5.74, 6) is 0.129. The van der Waals surface area contributed by atoms with Crippen LogP contribution in [0, 0.1) is 11.7 Å². The van der Waals surface area contributed by atoms with E-state index < -0.39 is 0 Å². The monoisotopic (exact) mass is 295 g/mol. The third-order valence-corrected chi connectivity index (χ3v) is 4.20. The van der Waals surface area contributed by atoms with Crippen LogP contribution in [0.1, 0.15) is 52.3 Å². The third kappa shape index (κ3) is 5.36. The zero-order valence-corrected chi connectivity index (χ0v) is 14.1. The van der Waals surface area contributed by atoms with E-state index in [1.54, 1.807) is 6.07 Å². The fraction of sp³-hybridized carbons (Fsp3) is 0.706. The summed E-state index contributed by atoms with van der Waals surface area (Å²) in [6.45, 7) is 10.7. The summed E-state index contributed by atoms with van der Waals surface area (Å²) in [7, 11) is 2.19. The standard InChI is InChI=1S/C17H30FN3/c1-6-15(7-2)21(5)12-13(4)17(19-8-3)16-10-9-14(18)11-20-16/h9-11,13,15,17,19H,6-8,12H2,1-5H3. The topological polar surface area (TPSA) is 28.2 Å². The number of hydrogen-bond donors (Lipinski definition) is 1. The molecule has 1 aromatic rings. The molecule has 3 nitrogen and oxygen atoms in total. The van der Waals surface area contributed by atoms with Crippen LogP contribution in [-0.2, 0) is 0 Å². The Kier molecular flexibility index (Phi) is 7.83. The zero-order chi connectivity index (χ0) is 15.8. The van der Waals surface area contributed by atoms with Gasteiger partial charge in [0.15, 0.2) is 0 Å². The summed E-state index contributed by atoms with van der Waals surface area (Å²) in [5.41, 5.74) is 0.920. The third-order valence-electron chi connectivity index (χ3n) is 4.20. The van der Waals surface area contributed by atoms with Gasteiger partial charge >= 0.3 is 0 Å². The van der Waals surface area contributed by atoms with Crippen molar-refractivity contribution in [3.05, 3.63) is 29.8 Å². The van der Waals surface area contributed by atoms with Crippen molar-refractivity contribution in [3.63, 3.8) is 0 Å². The molecule has 0 spiro atoms. The van der Waals surface area contributed by atoms with Crippen molar-refractivity contribution in [3.8, 4) is 0 Å². The van der Waals surface area contributed by atoms with Gasteiger partial charge in [0.05, 0.1) is 17.9 Å². The summed E-state index contributed by atoms with van der Waals surface area (Å²) in [6, 6.07) is 4.06. The van der Waals surface area contributed by atoms with Crippen LogP contribution in [0.3, 0.4) is 0 Å². The van der Waals surface area contributed by atoms with Crippen LogP contribution in [0.25, 0.3) is 0 Å². The van der Waals surface area contributed by atoms with Crippen LogP contribution in [0.4, 0.5) is 4.39 Å². The normalized spacial score (nSPS) is 14.7. The lowest BCUT2D eigenvalue weighted by Gasteiger charge is -2.32. The van der Waals surface area contributed by atoms with Gasteiger partial charge in [0.1, 0.15) is 5.82 Å². The summed E-state index contributed by atoms with van der Waals surface area (Å²) in [5, 5.41) is 3.49. The highest BCUT2D eigenvalue weighted by Crippen LogP contribution is 2.22. The second-order valence-corrected chi connectivity index (χ2v) is 5.82. The summed E-state index contributed by atoms with van der Waals surface area (Å²) in [6.07, 6.45) is 3.64. The maximum absolute atomic E-state index is 13.1. The Morgan fingerprint density at radius 3 is 2.38 bits per heavy atom. The van der Waals surface area contributed by atoms with E-state index in [0.29, 0.717) is 12.0 Å². The molecule has 0 radical (unpaired) electrons. The fourth-order valence-corrected chi connectivity index (χ4v) is 3.01. The van der Waals surface area contributed by atoms with E-state index in [2.05, 4.69) is 49.9 Å². The van der Waals surface area contributed by atoms with Crippen molar-refractivity contribution in [1.82, 2.24) is 15.2 Å². The van der Waals surface area contributed by atoms with Crippen LogP contribution in [-0.4, -0.2) is 36.1 Å². The lowest BCUT2D eigenvalue weighted by Crippen LogP contribution is -2.39. The molecule has 0 saturated carbocycles. The number of nitrogens with one attached hydrogen (secondary N) is 1. The number of rotatable bonds is 9. The minimum atomic E-state index is -0.282. The second-order valence-electron chi connectivity index (χ2n) is 5.82. The van der Waals surface area contributed by atoms with E-state index in [4.69, 9.17) is 0 Å². The fourth-order valence-electron chi connectivity index (χ4n) is 3.01. The van der Waals surface area contributed by atoms with Gasteiger partial charge in [-0.05, 0) is 44.5 Å². The molecule has 1 rings (SSSR count). The van der Waals surface area contributed by atoms with Crippen molar-refractivity contribution in [2.75, 3.05) is 20.1 Å². The van der Waals surface area contributed by atoms with E-state index >= 15 is 0 Å². The highest BCUT2D eigenvalue weighted by molar-refractivity contribution is 5.11. The highest BCUT2D eigenvalue weighted by atomic mass is 19.1. The first-order valence-electron chi connectivity index (χ1n) is 8.08. The molecule has 0 fully saturated rings. The second kappa shape index (κ2) is 9.11. The molecule has 1 N–H and O–H groups in total. The van der Waals surface area contributed by atoms with Crippen LogP contribution in [0.5, 0.6) is 0 Å². The molecule has 21 heavy (non-hydrogen) atoms. The number of halogens is 1. The zero-order valence-electron chi connectivity index (χ0n) is 14.1. The first-order valence-corrected chi connectivity index (χ1v) is 8.08. The van der Waals surface area contributed by atoms with Crippen LogP contribution >= 0.6 is 0 Å². The van der Waals surface area contributed by atoms with Crippen LogP contribution < -0.4 is 5.32 Å². The van der Waals surface area contributed by atoms with Gasteiger partial charge in [0.25, 0.3) is 0 Å². The molecule has 0 bridgehead atoms. The maximum atomic E-state index is 13.1. The van der Waals surface area contributed by atoms with E-state index in [1.807, 2.05) is 0 Å². The van der Waals surface area contributed by atoms with Gasteiger partial charge in [-0.3, -0.25) is 4.98 Å². The van der Waals surface area contributed by atoms with Crippen molar-refractivity contribution < 1.29 is 4.39 Å². The largest absolute Gasteiger partial charge is 0.309 e. The first-order chi connectivity index (χ1) is 10.0. The average Bonchev–Trinajstić information content (AvgIpc) is 2.47. The van der Waals surface area contributed by atoms with Gasteiger partial charge in [-0.15, -0.1) is 0 Å². The predicted molar refractivity (Wildman–Crippen MR) is 86.8 cm³/mol. The predicted octanol–water partition coefficient (Wildman–Crippen LogP) is 3.63. The first kappa shape index (κ1) is 18.1. The molecule has 0 aliphatic carbocycles. The smallest absolute Gasteiger partial charge is 0.141 e. The van der Waals surface area contributed by atoms with E-state index in [1.165, 1.54) is 25.1 Å². The van der Waals surface area contributed by atoms with Gasteiger partial charge in [-0.1, -0.05) is 27.7 Å². The quantitative estimate of drug-likeness (QED) is 0.754.